The van der Waals surface area contributed by atoms with E-state index < -0.39 is 0 Å². The number of para-hydroxylation sites is 3. The Hall–Kier alpha value is -8.40. The van der Waals surface area contributed by atoms with Crippen LogP contribution in [-0.2, 0) is 0 Å². The highest BCUT2D eigenvalue weighted by atomic mass is 16.3. The molecule has 0 atom stereocenters. The molecule has 12 aromatic rings. The summed E-state index contributed by atoms with van der Waals surface area (Å²) in [6.45, 7) is 0. The van der Waals surface area contributed by atoms with Crippen molar-refractivity contribution in [1.82, 2.24) is 4.57 Å². The van der Waals surface area contributed by atoms with Gasteiger partial charge in [-0.1, -0.05) is 176 Å². The van der Waals surface area contributed by atoms with Crippen LogP contribution in [0, 0.1) is 0 Å². The molecule has 0 fully saturated rings. The first-order chi connectivity index (χ1) is 31.2. The van der Waals surface area contributed by atoms with Crippen LogP contribution in [0.1, 0.15) is 0 Å². The number of anilines is 3. The third kappa shape index (κ3) is 6.38. The molecule has 2 aromatic heterocycles. The van der Waals surface area contributed by atoms with E-state index in [1.54, 1.807) is 0 Å². The van der Waals surface area contributed by atoms with Crippen molar-refractivity contribution in [1.29, 1.82) is 0 Å². The van der Waals surface area contributed by atoms with Crippen molar-refractivity contribution < 1.29 is 4.42 Å². The van der Waals surface area contributed by atoms with Crippen LogP contribution in [-0.4, -0.2) is 4.57 Å². The summed E-state index contributed by atoms with van der Waals surface area (Å²) in [7, 11) is 0. The highest BCUT2D eigenvalue weighted by molar-refractivity contribution is 6.15. The highest BCUT2D eigenvalue weighted by Crippen LogP contribution is 2.43. The van der Waals surface area contributed by atoms with Crippen molar-refractivity contribution >= 4 is 60.8 Å². The summed E-state index contributed by atoms with van der Waals surface area (Å²) in [5.41, 5.74) is 17.8. The van der Waals surface area contributed by atoms with Crippen LogP contribution in [0.4, 0.5) is 17.1 Å². The lowest BCUT2D eigenvalue weighted by Gasteiger charge is -2.26. The van der Waals surface area contributed by atoms with Gasteiger partial charge in [-0.15, -0.1) is 0 Å². The summed E-state index contributed by atoms with van der Waals surface area (Å²) in [5.74, 6) is 0. The quantitative estimate of drug-likeness (QED) is 0.153. The molecule has 0 aliphatic rings. The first-order valence-electron chi connectivity index (χ1n) is 21.5. The van der Waals surface area contributed by atoms with E-state index in [0.29, 0.717) is 0 Å². The molecular weight excluding hydrogens is 765 g/mol. The van der Waals surface area contributed by atoms with Crippen molar-refractivity contribution in [2.24, 2.45) is 0 Å². The SMILES string of the molecule is c1ccc(-c2cccc(N(c3ccc(-c4ccc(-n5c6ccccc6c6ccccc65)cc4)cc3)c3ccc(-c4cccc5oc6c(-c7ccccc7)cccc6c45)cc3)c2)cc1. The van der Waals surface area contributed by atoms with Crippen molar-refractivity contribution in [3.63, 3.8) is 0 Å². The summed E-state index contributed by atoms with van der Waals surface area (Å²) in [5, 5.41) is 4.78. The molecule has 0 saturated carbocycles. The second-order valence-corrected chi connectivity index (χ2v) is 16.1. The van der Waals surface area contributed by atoms with Gasteiger partial charge in [-0.05, 0) is 106 Å². The van der Waals surface area contributed by atoms with Crippen LogP contribution in [0.25, 0.3) is 93.9 Å². The van der Waals surface area contributed by atoms with Gasteiger partial charge in [0.2, 0.25) is 0 Å². The van der Waals surface area contributed by atoms with Crippen LogP contribution < -0.4 is 4.90 Å². The third-order valence-corrected chi connectivity index (χ3v) is 12.4. The maximum absolute atomic E-state index is 6.61. The van der Waals surface area contributed by atoms with Crippen molar-refractivity contribution in [2.45, 2.75) is 0 Å². The maximum atomic E-state index is 6.61. The van der Waals surface area contributed by atoms with Crippen molar-refractivity contribution in [2.75, 3.05) is 4.90 Å². The average Bonchev–Trinajstić information content (AvgIpc) is 3.92. The van der Waals surface area contributed by atoms with Gasteiger partial charge < -0.3 is 13.9 Å². The summed E-state index contributed by atoms with van der Waals surface area (Å²) in [4.78, 5) is 2.35. The molecule has 0 bridgehead atoms. The van der Waals surface area contributed by atoms with Gasteiger partial charge in [0.1, 0.15) is 11.2 Å². The van der Waals surface area contributed by atoms with Crippen molar-refractivity contribution in [3.05, 3.63) is 243 Å². The number of nitrogens with zero attached hydrogens (tertiary/aromatic N) is 2. The molecule has 0 aliphatic heterocycles. The Labute approximate surface area is 366 Å². The Morgan fingerprint density at radius 2 is 0.794 bits per heavy atom. The fourth-order valence-electron chi connectivity index (χ4n) is 9.43. The summed E-state index contributed by atoms with van der Waals surface area (Å²) >= 11 is 0. The van der Waals surface area contributed by atoms with Gasteiger partial charge in [0.25, 0.3) is 0 Å². The first kappa shape index (κ1) is 36.5. The third-order valence-electron chi connectivity index (χ3n) is 12.4. The maximum Gasteiger partial charge on any atom is 0.143 e. The largest absolute Gasteiger partial charge is 0.455 e. The van der Waals surface area contributed by atoms with E-state index in [-0.39, 0.29) is 0 Å². The number of aromatic nitrogens is 1. The number of hydrogen-bond acceptors (Lipinski definition) is 2. The van der Waals surface area contributed by atoms with E-state index in [9.17, 15) is 0 Å². The van der Waals surface area contributed by atoms with Crippen LogP contribution in [0.15, 0.2) is 247 Å². The predicted molar refractivity (Wildman–Crippen MR) is 264 cm³/mol. The lowest BCUT2D eigenvalue weighted by molar-refractivity contribution is 0.670. The Kier molecular flexibility index (Phi) is 8.83. The molecule has 63 heavy (non-hydrogen) atoms. The van der Waals surface area contributed by atoms with Crippen LogP contribution >= 0.6 is 0 Å². The van der Waals surface area contributed by atoms with E-state index in [0.717, 1.165) is 72.5 Å². The topological polar surface area (TPSA) is 21.3 Å². The lowest BCUT2D eigenvalue weighted by atomic mass is 9.97. The van der Waals surface area contributed by atoms with Crippen LogP contribution in [0.3, 0.4) is 0 Å². The standard InChI is InChI=1S/C60H40N2O/c1-3-14-41(15-4-1)46-18-11-19-50(40-46)61(47-34-28-42(29-35-47)43-30-36-49(37-31-43)62-56-25-9-7-20-53(56)54-21-8-10-26-57(54)62)48-38-32-45(33-39-48)51-22-13-27-58-59(51)55-24-12-23-52(60(55)63-58)44-16-5-2-6-17-44/h1-40H. The van der Waals surface area contributed by atoms with Crippen LogP contribution in [0.5, 0.6) is 0 Å². The molecule has 0 spiro atoms. The van der Waals surface area contributed by atoms with Gasteiger partial charge in [0, 0.05) is 49.9 Å². The number of benzene rings is 10. The summed E-state index contributed by atoms with van der Waals surface area (Å²) in [6.07, 6.45) is 0. The van der Waals surface area contributed by atoms with E-state index in [2.05, 4.69) is 246 Å². The molecule has 0 aliphatic carbocycles. The molecule has 0 unspecified atom stereocenters. The molecule has 296 valence electrons. The number of furan rings is 1. The number of fused-ring (bicyclic) bond motifs is 6. The molecule has 0 saturated heterocycles. The Bertz CT molecular complexity index is 3530. The second kappa shape index (κ2) is 15.3. The molecule has 0 radical (unpaired) electrons. The van der Waals surface area contributed by atoms with E-state index in [4.69, 9.17) is 4.42 Å². The lowest BCUT2D eigenvalue weighted by Crippen LogP contribution is -2.10. The van der Waals surface area contributed by atoms with Gasteiger partial charge in [-0.2, -0.15) is 0 Å². The summed E-state index contributed by atoms with van der Waals surface area (Å²) in [6, 6.07) is 86.9. The Balaban J connectivity index is 0.914. The molecule has 0 amide bonds. The molecule has 3 nitrogen and oxygen atoms in total. The first-order valence-corrected chi connectivity index (χ1v) is 21.5. The monoisotopic (exact) mass is 804 g/mol. The molecule has 12 rings (SSSR count). The normalized spacial score (nSPS) is 11.5. The van der Waals surface area contributed by atoms with Gasteiger partial charge in [0.15, 0.2) is 0 Å². The highest BCUT2D eigenvalue weighted by Gasteiger charge is 2.18. The second-order valence-electron chi connectivity index (χ2n) is 16.1. The molecule has 0 N–H and O–H groups in total. The van der Waals surface area contributed by atoms with Gasteiger partial charge in [-0.3, -0.25) is 0 Å². The summed E-state index contributed by atoms with van der Waals surface area (Å²) < 4.78 is 8.98. The predicted octanol–water partition coefficient (Wildman–Crippen LogP) is 16.8. The van der Waals surface area contributed by atoms with E-state index in [1.807, 2.05) is 6.07 Å². The fraction of sp³-hybridized carbons (Fsp3) is 0. The minimum atomic E-state index is 0.885. The number of rotatable bonds is 8. The molecule has 2 heterocycles. The van der Waals surface area contributed by atoms with Gasteiger partial charge >= 0.3 is 0 Å². The zero-order valence-electron chi connectivity index (χ0n) is 34.4. The Morgan fingerprint density at radius 1 is 0.317 bits per heavy atom. The molecule has 10 aromatic carbocycles. The minimum absolute atomic E-state index is 0.885. The minimum Gasteiger partial charge on any atom is -0.455 e. The van der Waals surface area contributed by atoms with Gasteiger partial charge in [0.05, 0.1) is 11.0 Å². The molecular formula is C60H40N2O. The zero-order valence-corrected chi connectivity index (χ0v) is 34.4. The Morgan fingerprint density at radius 3 is 1.46 bits per heavy atom. The fourth-order valence-corrected chi connectivity index (χ4v) is 9.43. The smallest absolute Gasteiger partial charge is 0.143 e. The van der Waals surface area contributed by atoms with Crippen LogP contribution in [0.2, 0.25) is 0 Å². The average molecular weight is 805 g/mol. The molecule has 3 heteroatoms. The van der Waals surface area contributed by atoms with E-state index in [1.165, 1.54) is 38.5 Å². The number of hydrogen-bond donors (Lipinski definition) is 0. The van der Waals surface area contributed by atoms with E-state index >= 15 is 0 Å². The van der Waals surface area contributed by atoms with Gasteiger partial charge in [-0.25, -0.2) is 0 Å². The van der Waals surface area contributed by atoms with Crippen molar-refractivity contribution in [3.8, 4) is 50.2 Å². The zero-order chi connectivity index (χ0) is 41.7.